The summed E-state index contributed by atoms with van der Waals surface area (Å²) in [6, 6.07) is 17.8. The number of nitrogens with zero attached hydrogens (tertiary/aromatic N) is 2. The summed E-state index contributed by atoms with van der Waals surface area (Å²) in [5.41, 5.74) is 1.11. The molecule has 9 heteroatoms. The van der Waals surface area contributed by atoms with Gasteiger partial charge in [-0.25, -0.2) is 8.42 Å². The highest BCUT2D eigenvalue weighted by Gasteiger charge is 2.33. The third-order valence-corrected chi connectivity index (χ3v) is 5.99. The van der Waals surface area contributed by atoms with E-state index in [0.717, 1.165) is 0 Å². The molecule has 1 unspecified atom stereocenters. The fourth-order valence-electron chi connectivity index (χ4n) is 2.51. The van der Waals surface area contributed by atoms with Crippen molar-refractivity contribution in [3.63, 3.8) is 0 Å². The molecule has 1 atom stereocenters. The van der Waals surface area contributed by atoms with Crippen LogP contribution in [0.2, 0.25) is 0 Å². The number of sulfone groups is 1. The number of hydrogen-bond acceptors (Lipinski definition) is 6. The van der Waals surface area contributed by atoms with Crippen LogP contribution in [0.1, 0.15) is 21.5 Å². The van der Waals surface area contributed by atoms with Crippen LogP contribution in [0.3, 0.4) is 0 Å². The summed E-state index contributed by atoms with van der Waals surface area (Å²) in [6.07, 6.45) is 0. The first-order valence-corrected chi connectivity index (χ1v) is 10.3. The Balaban J connectivity index is 2.19. The van der Waals surface area contributed by atoms with Crippen molar-refractivity contribution < 1.29 is 18.0 Å². The molecule has 2 amide bonds. The van der Waals surface area contributed by atoms with Gasteiger partial charge in [-0.3, -0.25) is 9.59 Å². The van der Waals surface area contributed by atoms with Gasteiger partial charge in [-0.15, -0.1) is 0 Å². The van der Waals surface area contributed by atoms with Crippen LogP contribution in [0, 0.1) is 22.7 Å². The molecule has 2 aromatic carbocycles. The van der Waals surface area contributed by atoms with E-state index >= 15 is 0 Å². The van der Waals surface area contributed by atoms with Crippen molar-refractivity contribution in [3.8, 4) is 12.1 Å². The number of carbonyl (C=O) groups excluding carboxylic acids is 2. The molecule has 0 aliphatic heterocycles. The summed E-state index contributed by atoms with van der Waals surface area (Å²) in [5.74, 6) is -1.84. The monoisotopic (exact) mass is 410 g/mol. The third-order valence-electron chi connectivity index (χ3n) is 4.00. The number of nitriles is 2. The molecule has 2 N–H and O–H groups in total. The van der Waals surface area contributed by atoms with Gasteiger partial charge in [0.05, 0.1) is 23.5 Å². The first kappa shape index (κ1) is 21.6. The van der Waals surface area contributed by atoms with Gasteiger partial charge >= 0.3 is 0 Å². The maximum Gasteiger partial charge on any atom is 0.251 e. The molecule has 0 heterocycles. The van der Waals surface area contributed by atoms with Crippen LogP contribution in [0.4, 0.5) is 0 Å². The van der Waals surface area contributed by atoms with Gasteiger partial charge in [-0.05, 0) is 29.8 Å². The molecule has 2 rings (SSSR count). The van der Waals surface area contributed by atoms with E-state index in [2.05, 4.69) is 10.6 Å². The van der Waals surface area contributed by atoms with Crippen molar-refractivity contribution in [2.45, 2.75) is 11.0 Å². The minimum atomic E-state index is -4.02. The number of benzene rings is 2. The maximum absolute atomic E-state index is 12.8. The van der Waals surface area contributed by atoms with Gasteiger partial charge in [0.1, 0.15) is 6.54 Å². The Morgan fingerprint density at radius 3 is 2.21 bits per heavy atom. The van der Waals surface area contributed by atoms with E-state index in [-0.39, 0.29) is 6.54 Å². The number of amides is 2. The average molecular weight is 410 g/mol. The fraction of sp³-hybridized carbons (Fsp3) is 0.200. The zero-order chi connectivity index (χ0) is 21.3. The van der Waals surface area contributed by atoms with Gasteiger partial charge in [0, 0.05) is 12.1 Å². The molecule has 0 aliphatic rings. The van der Waals surface area contributed by atoms with Crippen molar-refractivity contribution in [3.05, 3.63) is 71.3 Å². The quantitative estimate of drug-likeness (QED) is 0.620. The van der Waals surface area contributed by atoms with E-state index in [1.165, 1.54) is 24.3 Å². The molecule has 8 nitrogen and oxygen atoms in total. The van der Waals surface area contributed by atoms with E-state index in [4.69, 9.17) is 10.5 Å². The van der Waals surface area contributed by atoms with E-state index < -0.39 is 39.2 Å². The summed E-state index contributed by atoms with van der Waals surface area (Å²) >= 11 is 0. The van der Waals surface area contributed by atoms with Gasteiger partial charge in [-0.2, -0.15) is 10.5 Å². The van der Waals surface area contributed by atoms with Crippen LogP contribution >= 0.6 is 0 Å². The first-order chi connectivity index (χ1) is 13.9. The lowest BCUT2D eigenvalue weighted by atomic mass is 10.2. The molecule has 0 saturated heterocycles. The number of nitrogens with one attached hydrogen (secondary N) is 2. The minimum Gasteiger partial charge on any atom is -0.350 e. The highest BCUT2D eigenvalue weighted by molar-refractivity contribution is 7.92. The molecule has 0 saturated carbocycles. The van der Waals surface area contributed by atoms with Gasteiger partial charge in [0.2, 0.25) is 5.91 Å². The zero-order valence-corrected chi connectivity index (χ0v) is 16.1. The second-order valence-electron chi connectivity index (χ2n) is 6.06. The largest absolute Gasteiger partial charge is 0.350 e. The predicted molar refractivity (Wildman–Crippen MR) is 105 cm³/mol. The van der Waals surface area contributed by atoms with Crippen LogP contribution in [0.25, 0.3) is 0 Å². The smallest absolute Gasteiger partial charge is 0.251 e. The lowest BCUT2D eigenvalue weighted by Crippen LogP contribution is -2.47. The maximum atomic E-state index is 12.8. The normalized spacial score (nSPS) is 11.5. The second kappa shape index (κ2) is 10.0. The molecule has 0 fully saturated rings. The number of hydrogen-bond donors (Lipinski definition) is 2. The van der Waals surface area contributed by atoms with Crippen LogP contribution in [-0.2, 0) is 20.4 Å². The van der Waals surface area contributed by atoms with E-state index in [0.29, 0.717) is 16.7 Å². The average Bonchev–Trinajstić information content (AvgIpc) is 2.73. The van der Waals surface area contributed by atoms with Gasteiger partial charge in [-0.1, -0.05) is 30.3 Å². The topological polar surface area (TPSA) is 140 Å². The zero-order valence-electron chi connectivity index (χ0n) is 15.3. The minimum absolute atomic E-state index is 0.327. The summed E-state index contributed by atoms with van der Waals surface area (Å²) in [7, 11) is -4.02. The Morgan fingerprint density at radius 1 is 0.966 bits per heavy atom. The summed E-state index contributed by atoms with van der Waals surface area (Å²) in [5, 5.41) is 20.6. The lowest BCUT2D eigenvalue weighted by Gasteiger charge is -2.17. The Morgan fingerprint density at radius 2 is 1.62 bits per heavy atom. The molecule has 0 spiro atoms. The molecule has 0 aromatic heterocycles. The van der Waals surface area contributed by atoms with Crippen molar-refractivity contribution in [2.75, 3.05) is 13.1 Å². The SMILES string of the molecule is N#CCNC(=O)C(CNC(=O)c1ccccc1)S(=O)(=O)Cc1ccc(C#N)cc1. The van der Waals surface area contributed by atoms with Gasteiger partial charge in [0.15, 0.2) is 15.1 Å². The van der Waals surface area contributed by atoms with Crippen molar-refractivity contribution in [1.82, 2.24) is 10.6 Å². The van der Waals surface area contributed by atoms with Crippen LogP contribution in [0.5, 0.6) is 0 Å². The lowest BCUT2D eigenvalue weighted by molar-refractivity contribution is -0.120. The van der Waals surface area contributed by atoms with Crippen molar-refractivity contribution in [1.29, 1.82) is 10.5 Å². The molecule has 0 aliphatic carbocycles. The van der Waals surface area contributed by atoms with Crippen LogP contribution < -0.4 is 10.6 Å². The first-order valence-electron chi connectivity index (χ1n) is 8.56. The summed E-state index contributed by atoms with van der Waals surface area (Å²) in [4.78, 5) is 24.6. The highest BCUT2D eigenvalue weighted by atomic mass is 32.2. The molecular formula is C20H18N4O4S. The predicted octanol–water partition coefficient (Wildman–Crippen LogP) is 0.911. The Labute approximate surface area is 168 Å². The molecule has 2 aromatic rings. The van der Waals surface area contributed by atoms with Gasteiger partial charge in [0.25, 0.3) is 5.91 Å². The standard InChI is InChI=1S/C20H18N4O4S/c21-10-11-23-20(26)18(13-24-19(25)17-4-2-1-3-5-17)29(27,28)14-16-8-6-15(12-22)7-9-16/h1-9,18H,11,13-14H2,(H,23,26)(H,24,25). The molecule has 0 radical (unpaired) electrons. The van der Waals surface area contributed by atoms with Crippen molar-refractivity contribution >= 4 is 21.7 Å². The molecule has 29 heavy (non-hydrogen) atoms. The van der Waals surface area contributed by atoms with E-state index in [9.17, 15) is 18.0 Å². The van der Waals surface area contributed by atoms with Gasteiger partial charge < -0.3 is 10.6 Å². The fourth-order valence-corrected chi connectivity index (χ4v) is 4.11. The van der Waals surface area contributed by atoms with E-state index in [1.54, 1.807) is 36.4 Å². The number of carbonyl (C=O) groups is 2. The molecular weight excluding hydrogens is 392 g/mol. The Bertz CT molecular complexity index is 1050. The van der Waals surface area contributed by atoms with Crippen LogP contribution in [-0.4, -0.2) is 38.6 Å². The number of rotatable bonds is 8. The summed E-state index contributed by atoms with van der Waals surface area (Å²) in [6.45, 7) is -0.794. The van der Waals surface area contributed by atoms with E-state index in [1.807, 2.05) is 6.07 Å². The highest BCUT2D eigenvalue weighted by Crippen LogP contribution is 2.13. The summed E-state index contributed by atoms with van der Waals surface area (Å²) < 4.78 is 25.7. The Kier molecular flexibility index (Phi) is 7.47. The molecule has 148 valence electrons. The third kappa shape index (κ3) is 6.16. The van der Waals surface area contributed by atoms with Crippen molar-refractivity contribution in [2.24, 2.45) is 0 Å². The molecule has 0 bridgehead atoms. The van der Waals surface area contributed by atoms with Crippen LogP contribution in [0.15, 0.2) is 54.6 Å². The second-order valence-corrected chi connectivity index (χ2v) is 8.24. The Hall–Kier alpha value is -3.69.